The van der Waals surface area contributed by atoms with Crippen molar-refractivity contribution in [2.45, 2.75) is 0 Å². The maximum Gasteiger partial charge on any atom is 0.358 e. The molecule has 96 valence electrons. The normalized spacial score (nSPS) is 12.6. The van der Waals surface area contributed by atoms with E-state index in [1.165, 1.54) is 11.0 Å². The highest BCUT2D eigenvalue weighted by Crippen LogP contribution is 2.40. The Morgan fingerprint density at radius 3 is 1.88 bits per heavy atom. The lowest BCUT2D eigenvalue weighted by molar-refractivity contribution is 0.386. The maximum absolute atomic E-state index is 11.3. The first kappa shape index (κ1) is 14.4. The molecule has 0 saturated carbocycles. The summed E-state index contributed by atoms with van der Waals surface area (Å²) in [4.78, 5) is 37.6. The zero-order valence-corrected chi connectivity index (χ0v) is 11.0. The fourth-order valence-electron chi connectivity index (χ4n) is 1.30. The van der Waals surface area contributed by atoms with Crippen LogP contribution in [0.2, 0.25) is 0 Å². The second-order valence-corrected chi connectivity index (χ2v) is 6.83. The van der Waals surface area contributed by atoms with Crippen molar-refractivity contribution < 1.29 is 28.7 Å². The molecule has 1 rings (SSSR count). The summed E-state index contributed by atoms with van der Waals surface area (Å²) in [6, 6.07) is 3.26. The summed E-state index contributed by atoms with van der Waals surface area (Å²) < 4.78 is 22.3. The minimum Gasteiger partial charge on any atom is -0.377 e. The Labute approximate surface area is 98.0 Å². The molecule has 0 saturated heterocycles. The van der Waals surface area contributed by atoms with Gasteiger partial charge in [-0.3, -0.25) is 9.13 Å². The predicted octanol–water partition coefficient (Wildman–Crippen LogP) is -0.641. The van der Waals surface area contributed by atoms with Crippen molar-refractivity contribution >= 4 is 31.5 Å². The lowest BCUT2D eigenvalue weighted by Crippen LogP contribution is -2.22. The standard InChI is InChI=1S/C8H13NO6P2/c1-9(2)7-4-3-6(16(10,11)12)5-8(7)17(13,14)15/h3-5H,1-2H3,(H2,10,11,12)(H2,13,14,15). The second-order valence-electron chi connectivity index (χ2n) is 3.66. The highest BCUT2D eigenvalue weighted by molar-refractivity contribution is 7.62. The van der Waals surface area contributed by atoms with Gasteiger partial charge in [0.25, 0.3) is 0 Å². The van der Waals surface area contributed by atoms with Gasteiger partial charge in [0, 0.05) is 14.1 Å². The van der Waals surface area contributed by atoms with E-state index < -0.39 is 25.8 Å². The summed E-state index contributed by atoms with van der Waals surface area (Å²) in [5, 5.41) is -0.815. The molecule has 0 atom stereocenters. The van der Waals surface area contributed by atoms with E-state index in [1.54, 1.807) is 14.1 Å². The topological polar surface area (TPSA) is 118 Å². The van der Waals surface area contributed by atoms with E-state index in [0.717, 1.165) is 12.1 Å². The Bertz CT molecular complexity index is 517. The maximum atomic E-state index is 11.3. The van der Waals surface area contributed by atoms with Crippen molar-refractivity contribution in [3.63, 3.8) is 0 Å². The molecule has 0 spiro atoms. The molecule has 0 heterocycles. The van der Waals surface area contributed by atoms with Crippen LogP contribution in [0.15, 0.2) is 18.2 Å². The molecule has 0 bridgehead atoms. The lowest BCUT2D eigenvalue weighted by atomic mass is 10.3. The molecule has 0 aliphatic rings. The van der Waals surface area contributed by atoms with E-state index in [9.17, 15) is 9.13 Å². The van der Waals surface area contributed by atoms with Gasteiger partial charge in [-0.2, -0.15) is 0 Å². The number of hydrogen-bond donors (Lipinski definition) is 4. The van der Waals surface area contributed by atoms with Crippen LogP contribution in [0, 0.1) is 0 Å². The van der Waals surface area contributed by atoms with Crippen LogP contribution < -0.4 is 15.5 Å². The SMILES string of the molecule is CN(C)c1ccc(P(=O)(O)O)cc1P(=O)(O)O. The monoisotopic (exact) mass is 281 g/mol. The van der Waals surface area contributed by atoms with Crippen LogP contribution in [0.25, 0.3) is 0 Å². The third-order valence-corrected chi connectivity index (χ3v) is 4.03. The van der Waals surface area contributed by atoms with Gasteiger partial charge >= 0.3 is 15.2 Å². The van der Waals surface area contributed by atoms with Crippen molar-refractivity contribution in [3.05, 3.63) is 18.2 Å². The number of anilines is 1. The van der Waals surface area contributed by atoms with Crippen LogP contribution in [0.1, 0.15) is 0 Å². The van der Waals surface area contributed by atoms with Crippen LogP contribution >= 0.6 is 15.2 Å². The number of hydrogen-bond acceptors (Lipinski definition) is 3. The van der Waals surface area contributed by atoms with Gasteiger partial charge in [0.1, 0.15) is 0 Å². The average molecular weight is 281 g/mol. The van der Waals surface area contributed by atoms with Crippen LogP contribution in [0.4, 0.5) is 5.69 Å². The highest BCUT2D eigenvalue weighted by atomic mass is 31.2. The van der Waals surface area contributed by atoms with Crippen molar-refractivity contribution in [2.75, 3.05) is 19.0 Å². The first-order valence-corrected chi connectivity index (χ1v) is 7.69. The smallest absolute Gasteiger partial charge is 0.358 e. The molecule has 1 aromatic rings. The van der Waals surface area contributed by atoms with E-state index >= 15 is 0 Å². The third kappa shape index (κ3) is 3.39. The summed E-state index contributed by atoms with van der Waals surface area (Å²) in [5.74, 6) is 0. The molecule has 0 amide bonds. The molecule has 1 aromatic carbocycles. The number of rotatable bonds is 3. The van der Waals surface area contributed by atoms with E-state index in [-0.39, 0.29) is 5.69 Å². The van der Waals surface area contributed by atoms with Gasteiger partial charge in [-0.25, -0.2) is 0 Å². The molecule has 0 radical (unpaired) electrons. The first-order chi connectivity index (χ1) is 7.53. The molecule has 9 heteroatoms. The molecule has 0 aliphatic heterocycles. The quantitative estimate of drug-likeness (QED) is 0.544. The predicted molar refractivity (Wildman–Crippen MR) is 64.1 cm³/mol. The molecule has 0 unspecified atom stereocenters. The Balaban J connectivity index is 3.52. The van der Waals surface area contributed by atoms with Gasteiger partial charge in [0.2, 0.25) is 0 Å². The van der Waals surface area contributed by atoms with Crippen molar-refractivity contribution in [2.24, 2.45) is 0 Å². The number of nitrogens with zero attached hydrogens (tertiary/aromatic N) is 1. The average Bonchev–Trinajstić information content (AvgIpc) is 2.14. The van der Waals surface area contributed by atoms with Gasteiger partial charge in [-0.1, -0.05) is 0 Å². The van der Waals surface area contributed by atoms with Crippen molar-refractivity contribution in [1.29, 1.82) is 0 Å². The van der Waals surface area contributed by atoms with Crippen LogP contribution in [-0.2, 0) is 9.13 Å². The Morgan fingerprint density at radius 2 is 1.53 bits per heavy atom. The largest absolute Gasteiger partial charge is 0.377 e. The molecule has 4 N–H and O–H groups in total. The summed E-state index contributed by atoms with van der Waals surface area (Å²) in [6.07, 6.45) is 0. The van der Waals surface area contributed by atoms with Crippen LogP contribution in [0.5, 0.6) is 0 Å². The Morgan fingerprint density at radius 1 is 1.00 bits per heavy atom. The fraction of sp³-hybridized carbons (Fsp3) is 0.250. The van der Waals surface area contributed by atoms with E-state index in [1.807, 2.05) is 0 Å². The van der Waals surface area contributed by atoms with Gasteiger partial charge in [0.05, 0.1) is 16.3 Å². The van der Waals surface area contributed by atoms with Gasteiger partial charge in [0.15, 0.2) is 0 Å². The van der Waals surface area contributed by atoms with Crippen LogP contribution in [0.3, 0.4) is 0 Å². The van der Waals surface area contributed by atoms with E-state index in [2.05, 4.69) is 0 Å². The molecule has 0 aromatic heterocycles. The number of benzene rings is 1. The molecule has 17 heavy (non-hydrogen) atoms. The van der Waals surface area contributed by atoms with Crippen molar-refractivity contribution in [1.82, 2.24) is 0 Å². The molecular weight excluding hydrogens is 268 g/mol. The minimum absolute atomic E-state index is 0.218. The molecular formula is C8H13NO6P2. The first-order valence-electron chi connectivity index (χ1n) is 4.47. The zero-order valence-electron chi connectivity index (χ0n) is 9.18. The molecule has 0 fully saturated rings. The van der Waals surface area contributed by atoms with Gasteiger partial charge < -0.3 is 24.5 Å². The molecule has 0 aliphatic carbocycles. The van der Waals surface area contributed by atoms with Crippen molar-refractivity contribution in [3.8, 4) is 0 Å². The fourth-order valence-corrected chi connectivity index (χ4v) is 2.85. The zero-order chi connectivity index (χ0) is 13.4. The van der Waals surface area contributed by atoms with Gasteiger partial charge in [-0.05, 0) is 18.2 Å². The third-order valence-electron chi connectivity index (χ3n) is 2.09. The minimum atomic E-state index is -4.59. The summed E-state index contributed by atoms with van der Waals surface area (Å²) in [7, 11) is -5.97. The second kappa shape index (κ2) is 4.53. The highest BCUT2D eigenvalue weighted by Gasteiger charge is 2.27. The summed E-state index contributed by atoms with van der Waals surface area (Å²) >= 11 is 0. The summed E-state index contributed by atoms with van der Waals surface area (Å²) in [6.45, 7) is 0. The molecule has 7 nitrogen and oxygen atoms in total. The van der Waals surface area contributed by atoms with Crippen LogP contribution in [-0.4, -0.2) is 33.7 Å². The van der Waals surface area contributed by atoms with E-state index in [4.69, 9.17) is 19.6 Å². The Kier molecular flexibility index (Phi) is 3.84. The van der Waals surface area contributed by atoms with E-state index in [0.29, 0.717) is 0 Å². The van der Waals surface area contributed by atoms with Gasteiger partial charge in [-0.15, -0.1) is 0 Å². The lowest BCUT2D eigenvalue weighted by Gasteiger charge is -2.19. The Hall–Kier alpha value is -0.680. The summed E-state index contributed by atoms with van der Waals surface area (Å²) in [5.41, 5.74) is 0.218.